The average Bonchev–Trinajstić information content (AvgIpc) is 3.13. The van der Waals surface area contributed by atoms with E-state index in [0.29, 0.717) is 0 Å². The summed E-state index contributed by atoms with van der Waals surface area (Å²) in [5.74, 6) is -0.123. The lowest BCUT2D eigenvalue weighted by atomic mass is 10.1. The first-order valence-corrected chi connectivity index (χ1v) is 8.03. The Kier molecular flexibility index (Phi) is 4.48. The number of likely N-dealkylation sites (tertiary alicyclic amines) is 1. The third-order valence-electron chi connectivity index (χ3n) is 4.41. The fourth-order valence-corrected chi connectivity index (χ4v) is 3.29. The Labute approximate surface area is 136 Å². The summed E-state index contributed by atoms with van der Waals surface area (Å²) < 4.78 is 6.85. The van der Waals surface area contributed by atoms with Crippen molar-refractivity contribution in [1.82, 2.24) is 14.7 Å². The van der Waals surface area contributed by atoms with Gasteiger partial charge in [0.25, 0.3) is 0 Å². The third kappa shape index (κ3) is 3.29. The summed E-state index contributed by atoms with van der Waals surface area (Å²) in [6.45, 7) is 5.77. The molecule has 1 atom stereocenters. The molecule has 1 aliphatic rings. The average molecular weight is 313 g/mol. The van der Waals surface area contributed by atoms with Crippen molar-refractivity contribution in [3.63, 3.8) is 0 Å². The Morgan fingerprint density at radius 2 is 2.04 bits per heavy atom. The van der Waals surface area contributed by atoms with E-state index in [1.54, 1.807) is 0 Å². The van der Waals surface area contributed by atoms with E-state index < -0.39 is 0 Å². The van der Waals surface area contributed by atoms with Crippen LogP contribution in [0.3, 0.4) is 0 Å². The SMILES string of the molecule is COC(=O)C1CCCN1Cc1ccc(-n2nc(C)cc2C)cc1. The van der Waals surface area contributed by atoms with Gasteiger partial charge in [0.2, 0.25) is 0 Å². The number of aromatic nitrogens is 2. The first-order valence-electron chi connectivity index (χ1n) is 8.03. The van der Waals surface area contributed by atoms with Crippen LogP contribution in [-0.2, 0) is 16.1 Å². The van der Waals surface area contributed by atoms with E-state index in [9.17, 15) is 4.79 Å². The Morgan fingerprint density at radius 1 is 1.30 bits per heavy atom. The second kappa shape index (κ2) is 6.54. The highest BCUT2D eigenvalue weighted by molar-refractivity contribution is 5.75. The number of hydrogen-bond donors (Lipinski definition) is 0. The monoisotopic (exact) mass is 313 g/mol. The molecule has 0 spiro atoms. The topological polar surface area (TPSA) is 47.4 Å². The van der Waals surface area contributed by atoms with Crippen LogP contribution >= 0.6 is 0 Å². The molecule has 2 heterocycles. The van der Waals surface area contributed by atoms with E-state index in [1.165, 1.54) is 12.7 Å². The number of carbonyl (C=O) groups excluding carboxylic acids is 1. The molecule has 5 nitrogen and oxygen atoms in total. The largest absolute Gasteiger partial charge is 0.468 e. The number of rotatable bonds is 4. The highest BCUT2D eigenvalue weighted by atomic mass is 16.5. The summed E-state index contributed by atoms with van der Waals surface area (Å²) in [6, 6.07) is 10.3. The first-order chi connectivity index (χ1) is 11.1. The molecule has 0 N–H and O–H groups in total. The summed E-state index contributed by atoms with van der Waals surface area (Å²) in [6.07, 6.45) is 1.93. The normalized spacial score (nSPS) is 18.3. The first kappa shape index (κ1) is 15.7. The van der Waals surface area contributed by atoms with E-state index in [-0.39, 0.29) is 12.0 Å². The van der Waals surface area contributed by atoms with Crippen LogP contribution in [0.5, 0.6) is 0 Å². The molecule has 1 fully saturated rings. The van der Waals surface area contributed by atoms with Crippen molar-refractivity contribution in [3.8, 4) is 5.69 Å². The molecule has 1 aromatic heterocycles. The maximum Gasteiger partial charge on any atom is 0.323 e. The lowest BCUT2D eigenvalue weighted by Gasteiger charge is -2.22. The van der Waals surface area contributed by atoms with Gasteiger partial charge in [-0.2, -0.15) is 5.10 Å². The Bertz CT molecular complexity index is 691. The molecule has 122 valence electrons. The molecule has 23 heavy (non-hydrogen) atoms. The van der Waals surface area contributed by atoms with Gasteiger partial charge in [0.05, 0.1) is 18.5 Å². The molecule has 1 unspecified atom stereocenters. The minimum atomic E-state index is -0.123. The van der Waals surface area contributed by atoms with Gasteiger partial charge in [0.1, 0.15) is 6.04 Å². The number of nitrogens with zero attached hydrogens (tertiary/aromatic N) is 3. The highest BCUT2D eigenvalue weighted by Crippen LogP contribution is 2.22. The molecule has 1 saturated heterocycles. The molecule has 0 bridgehead atoms. The molecule has 0 radical (unpaired) electrons. The molecule has 1 aromatic carbocycles. The van der Waals surface area contributed by atoms with Gasteiger partial charge in [-0.05, 0) is 57.0 Å². The third-order valence-corrected chi connectivity index (χ3v) is 4.41. The van der Waals surface area contributed by atoms with Crippen LogP contribution in [0.25, 0.3) is 5.69 Å². The summed E-state index contributed by atoms with van der Waals surface area (Å²) in [5.41, 5.74) is 4.40. The van der Waals surface area contributed by atoms with E-state index in [4.69, 9.17) is 4.74 Å². The van der Waals surface area contributed by atoms with Crippen molar-refractivity contribution in [1.29, 1.82) is 0 Å². The van der Waals surface area contributed by atoms with Gasteiger partial charge >= 0.3 is 5.97 Å². The van der Waals surface area contributed by atoms with Crippen molar-refractivity contribution >= 4 is 5.97 Å². The van der Waals surface area contributed by atoms with Crippen LogP contribution in [-0.4, -0.2) is 40.3 Å². The van der Waals surface area contributed by atoms with Crippen LogP contribution in [0.4, 0.5) is 0 Å². The molecule has 5 heteroatoms. The summed E-state index contributed by atoms with van der Waals surface area (Å²) in [7, 11) is 1.46. The summed E-state index contributed by atoms with van der Waals surface area (Å²) in [5, 5.41) is 4.50. The summed E-state index contributed by atoms with van der Waals surface area (Å²) >= 11 is 0. The van der Waals surface area contributed by atoms with Crippen LogP contribution in [0.2, 0.25) is 0 Å². The fraction of sp³-hybridized carbons (Fsp3) is 0.444. The number of ether oxygens (including phenoxy) is 1. The second-order valence-corrected chi connectivity index (χ2v) is 6.16. The van der Waals surface area contributed by atoms with Crippen LogP contribution in [0, 0.1) is 13.8 Å². The number of benzene rings is 1. The van der Waals surface area contributed by atoms with Crippen molar-refractivity contribution in [2.75, 3.05) is 13.7 Å². The molecular weight excluding hydrogens is 290 g/mol. The van der Waals surface area contributed by atoms with Crippen LogP contribution < -0.4 is 0 Å². The lowest BCUT2D eigenvalue weighted by Crippen LogP contribution is -2.36. The minimum Gasteiger partial charge on any atom is -0.468 e. The van der Waals surface area contributed by atoms with Gasteiger partial charge in [-0.15, -0.1) is 0 Å². The number of hydrogen-bond acceptors (Lipinski definition) is 4. The number of esters is 1. The maximum atomic E-state index is 11.8. The molecule has 0 saturated carbocycles. The van der Waals surface area contributed by atoms with E-state index in [1.807, 2.05) is 11.6 Å². The van der Waals surface area contributed by atoms with Gasteiger partial charge in [-0.25, -0.2) is 4.68 Å². The quantitative estimate of drug-likeness (QED) is 0.814. The number of carbonyl (C=O) groups is 1. The number of aryl methyl sites for hydroxylation is 2. The van der Waals surface area contributed by atoms with Gasteiger partial charge < -0.3 is 4.74 Å². The standard InChI is InChI=1S/C18H23N3O2/c1-13-11-14(2)21(19-13)16-8-6-15(7-9-16)12-20-10-4-5-17(20)18(22)23-3/h6-9,11,17H,4-5,10,12H2,1-3H3. The molecule has 1 aliphatic heterocycles. The predicted octanol–water partition coefficient (Wildman–Crippen LogP) is 2.63. The molecule has 2 aromatic rings. The molecule has 3 rings (SSSR count). The zero-order valence-corrected chi connectivity index (χ0v) is 14.0. The Morgan fingerprint density at radius 3 is 2.65 bits per heavy atom. The Balaban J connectivity index is 1.73. The van der Waals surface area contributed by atoms with Gasteiger partial charge in [-0.3, -0.25) is 9.69 Å². The molecular formula is C18H23N3O2. The molecule has 0 aliphatic carbocycles. The van der Waals surface area contributed by atoms with E-state index in [2.05, 4.69) is 47.3 Å². The molecule has 0 amide bonds. The van der Waals surface area contributed by atoms with Gasteiger partial charge in [-0.1, -0.05) is 12.1 Å². The van der Waals surface area contributed by atoms with Crippen molar-refractivity contribution < 1.29 is 9.53 Å². The van der Waals surface area contributed by atoms with Crippen LogP contribution in [0.1, 0.15) is 29.8 Å². The van der Waals surface area contributed by atoms with Crippen molar-refractivity contribution in [2.45, 2.75) is 39.3 Å². The van der Waals surface area contributed by atoms with E-state index in [0.717, 1.165) is 43.0 Å². The highest BCUT2D eigenvalue weighted by Gasteiger charge is 2.31. The second-order valence-electron chi connectivity index (χ2n) is 6.16. The van der Waals surface area contributed by atoms with Crippen molar-refractivity contribution in [3.05, 3.63) is 47.3 Å². The zero-order valence-electron chi connectivity index (χ0n) is 14.0. The minimum absolute atomic E-state index is 0.101. The van der Waals surface area contributed by atoms with Crippen molar-refractivity contribution in [2.24, 2.45) is 0 Å². The zero-order chi connectivity index (χ0) is 16.4. The number of methoxy groups -OCH3 is 1. The lowest BCUT2D eigenvalue weighted by molar-refractivity contribution is -0.146. The Hall–Kier alpha value is -2.14. The van der Waals surface area contributed by atoms with Gasteiger partial charge in [0.15, 0.2) is 0 Å². The maximum absolute atomic E-state index is 11.8. The predicted molar refractivity (Wildman–Crippen MR) is 88.5 cm³/mol. The smallest absolute Gasteiger partial charge is 0.323 e. The van der Waals surface area contributed by atoms with Crippen LogP contribution in [0.15, 0.2) is 30.3 Å². The van der Waals surface area contributed by atoms with E-state index >= 15 is 0 Å². The fourth-order valence-electron chi connectivity index (χ4n) is 3.29. The van der Waals surface area contributed by atoms with Gasteiger partial charge in [0, 0.05) is 12.2 Å². The summed E-state index contributed by atoms with van der Waals surface area (Å²) in [4.78, 5) is 14.0.